The Morgan fingerprint density at radius 1 is 0.920 bits per heavy atom. The fraction of sp³-hybridized carbons (Fsp3) is 0.0500. The van der Waals surface area contributed by atoms with Gasteiger partial charge in [-0.3, -0.25) is 14.8 Å². The molecule has 0 aliphatic rings. The third kappa shape index (κ3) is 3.26. The van der Waals surface area contributed by atoms with Gasteiger partial charge in [-0.1, -0.05) is 24.3 Å². The first-order valence-corrected chi connectivity index (χ1v) is 7.91. The van der Waals surface area contributed by atoms with E-state index >= 15 is 0 Å². The molecular formula is C20H15N3O2. The first-order valence-electron chi connectivity index (χ1n) is 7.91. The van der Waals surface area contributed by atoms with E-state index in [4.69, 9.17) is 4.74 Å². The number of amides is 1. The minimum atomic E-state index is -0.232. The predicted octanol–water partition coefficient (Wildman–Crippen LogP) is 3.80. The Balaban J connectivity index is 1.46. The van der Waals surface area contributed by atoms with Gasteiger partial charge in [0.25, 0.3) is 5.91 Å². The number of benzene rings is 2. The van der Waals surface area contributed by atoms with Gasteiger partial charge in [-0.2, -0.15) is 0 Å². The lowest BCUT2D eigenvalue weighted by Gasteiger charge is -2.09. The molecule has 1 amide bonds. The number of nitrogens with one attached hydrogen (secondary N) is 1. The standard InChI is InChI=1S/C20H15N3O2/c24-19(23-18-7-1-4-14-5-2-11-22-20(14)18)13-25-16-8-9-17-15(12-16)6-3-10-21-17/h1-12H,13H2,(H,23,24). The molecule has 4 rings (SSSR count). The zero-order chi connectivity index (χ0) is 17.1. The van der Waals surface area contributed by atoms with E-state index in [2.05, 4.69) is 15.3 Å². The quantitative estimate of drug-likeness (QED) is 0.618. The molecule has 0 radical (unpaired) electrons. The number of fused-ring (bicyclic) bond motifs is 2. The lowest BCUT2D eigenvalue weighted by molar-refractivity contribution is -0.118. The Morgan fingerprint density at radius 3 is 2.64 bits per heavy atom. The second-order valence-electron chi connectivity index (χ2n) is 5.58. The van der Waals surface area contributed by atoms with Crippen molar-refractivity contribution in [3.63, 3.8) is 0 Å². The fourth-order valence-corrected chi connectivity index (χ4v) is 2.68. The number of hydrogen-bond donors (Lipinski definition) is 1. The van der Waals surface area contributed by atoms with Crippen LogP contribution < -0.4 is 10.1 Å². The third-order valence-corrected chi connectivity index (χ3v) is 3.85. The number of carbonyl (C=O) groups is 1. The summed E-state index contributed by atoms with van der Waals surface area (Å²) in [6.07, 6.45) is 3.45. The summed E-state index contributed by atoms with van der Waals surface area (Å²) in [5.41, 5.74) is 2.32. The number of pyridine rings is 2. The van der Waals surface area contributed by atoms with Gasteiger partial charge in [0.1, 0.15) is 5.75 Å². The Hall–Kier alpha value is -3.47. The molecule has 122 valence electrons. The van der Waals surface area contributed by atoms with E-state index in [0.717, 1.165) is 21.8 Å². The number of para-hydroxylation sites is 1. The van der Waals surface area contributed by atoms with Crippen LogP contribution >= 0.6 is 0 Å². The van der Waals surface area contributed by atoms with Crippen molar-refractivity contribution in [2.45, 2.75) is 0 Å². The molecule has 0 bridgehead atoms. The summed E-state index contributed by atoms with van der Waals surface area (Å²) in [7, 11) is 0. The average molecular weight is 329 g/mol. The first-order chi connectivity index (χ1) is 12.3. The predicted molar refractivity (Wildman–Crippen MR) is 97.6 cm³/mol. The van der Waals surface area contributed by atoms with Gasteiger partial charge in [-0.05, 0) is 36.4 Å². The summed E-state index contributed by atoms with van der Waals surface area (Å²) in [6, 6.07) is 18.9. The van der Waals surface area contributed by atoms with Crippen LogP contribution in [0.5, 0.6) is 5.75 Å². The SMILES string of the molecule is O=C(COc1ccc2ncccc2c1)Nc1cccc2cccnc12. The van der Waals surface area contributed by atoms with Gasteiger partial charge in [-0.15, -0.1) is 0 Å². The highest BCUT2D eigenvalue weighted by atomic mass is 16.5. The number of ether oxygens (including phenoxy) is 1. The Labute approximate surface area is 144 Å². The van der Waals surface area contributed by atoms with Crippen LogP contribution in [0.15, 0.2) is 73.1 Å². The molecule has 0 saturated heterocycles. The Kier molecular flexibility index (Phi) is 3.96. The summed E-state index contributed by atoms with van der Waals surface area (Å²) in [4.78, 5) is 20.8. The van der Waals surface area contributed by atoms with E-state index in [1.807, 2.05) is 60.7 Å². The van der Waals surface area contributed by atoms with Crippen LogP contribution in [0.1, 0.15) is 0 Å². The van der Waals surface area contributed by atoms with E-state index in [0.29, 0.717) is 11.4 Å². The van der Waals surface area contributed by atoms with E-state index in [1.54, 1.807) is 12.4 Å². The maximum atomic E-state index is 12.2. The molecule has 0 atom stereocenters. The summed E-state index contributed by atoms with van der Waals surface area (Å²) in [5, 5.41) is 4.80. The van der Waals surface area contributed by atoms with E-state index in [1.165, 1.54) is 0 Å². The van der Waals surface area contributed by atoms with Crippen molar-refractivity contribution in [3.8, 4) is 5.75 Å². The van der Waals surface area contributed by atoms with Crippen LogP contribution in [-0.2, 0) is 4.79 Å². The van der Waals surface area contributed by atoms with E-state index in [9.17, 15) is 4.79 Å². The molecule has 0 aliphatic heterocycles. The number of carbonyl (C=O) groups excluding carboxylic acids is 1. The molecule has 0 aliphatic carbocycles. The molecule has 0 saturated carbocycles. The molecule has 5 nitrogen and oxygen atoms in total. The smallest absolute Gasteiger partial charge is 0.262 e. The molecule has 25 heavy (non-hydrogen) atoms. The first kappa shape index (κ1) is 15.1. The molecule has 1 N–H and O–H groups in total. The van der Waals surface area contributed by atoms with Crippen LogP contribution in [-0.4, -0.2) is 22.5 Å². The Morgan fingerprint density at radius 2 is 1.72 bits per heavy atom. The summed E-state index contributed by atoms with van der Waals surface area (Å²) < 4.78 is 5.60. The molecule has 2 aromatic carbocycles. The normalized spacial score (nSPS) is 10.7. The highest BCUT2D eigenvalue weighted by Crippen LogP contribution is 2.21. The minimum absolute atomic E-state index is 0.0744. The molecule has 0 unspecified atom stereocenters. The van der Waals surface area contributed by atoms with Crippen molar-refractivity contribution in [2.24, 2.45) is 0 Å². The highest BCUT2D eigenvalue weighted by molar-refractivity contribution is 6.00. The van der Waals surface area contributed by atoms with Crippen molar-refractivity contribution >= 4 is 33.4 Å². The number of hydrogen-bond acceptors (Lipinski definition) is 4. The molecule has 5 heteroatoms. The van der Waals surface area contributed by atoms with Crippen molar-refractivity contribution in [2.75, 3.05) is 11.9 Å². The van der Waals surface area contributed by atoms with Crippen LogP contribution in [0, 0.1) is 0 Å². The summed E-state index contributed by atoms with van der Waals surface area (Å²) in [6.45, 7) is -0.0744. The highest BCUT2D eigenvalue weighted by Gasteiger charge is 2.08. The van der Waals surface area contributed by atoms with Crippen LogP contribution in [0.3, 0.4) is 0 Å². The number of rotatable bonds is 4. The fourth-order valence-electron chi connectivity index (χ4n) is 2.68. The second kappa shape index (κ2) is 6.57. The van der Waals surface area contributed by atoms with Gasteiger partial charge in [0.05, 0.1) is 16.7 Å². The zero-order valence-electron chi connectivity index (χ0n) is 13.3. The van der Waals surface area contributed by atoms with E-state index in [-0.39, 0.29) is 12.5 Å². The van der Waals surface area contributed by atoms with Gasteiger partial charge < -0.3 is 10.1 Å². The summed E-state index contributed by atoms with van der Waals surface area (Å²) >= 11 is 0. The van der Waals surface area contributed by atoms with Gasteiger partial charge in [0, 0.05) is 23.2 Å². The second-order valence-corrected chi connectivity index (χ2v) is 5.58. The lowest BCUT2D eigenvalue weighted by atomic mass is 10.2. The number of anilines is 1. The van der Waals surface area contributed by atoms with Gasteiger partial charge in [0.15, 0.2) is 6.61 Å². The van der Waals surface area contributed by atoms with Crippen molar-refractivity contribution < 1.29 is 9.53 Å². The van der Waals surface area contributed by atoms with E-state index < -0.39 is 0 Å². The Bertz CT molecular complexity index is 1060. The molecular weight excluding hydrogens is 314 g/mol. The monoisotopic (exact) mass is 329 g/mol. The maximum Gasteiger partial charge on any atom is 0.262 e. The third-order valence-electron chi connectivity index (χ3n) is 3.85. The molecule has 0 fully saturated rings. The van der Waals surface area contributed by atoms with Gasteiger partial charge in [-0.25, -0.2) is 0 Å². The van der Waals surface area contributed by atoms with Crippen molar-refractivity contribution in [1.82, 2.24) is 9.97 Å². The molecule has 4 aromatic rings. The molecule has 0 spiro atoms. The van der Waals surface area contributed by atoms with Crippen LogP contribution in [0.2, 0.25) is 0 Å². The number of aromatic nitrogens is 2. The topological polar surface area (TPSA) is 64.1 Å². The summed E-state index contributed by atoms with van der Waals surface area (Å²) in [5.74, 6) is 0.399. The average Bonchev–Trinajstić information content (AvgIpc) is 2.66. The molecule has 2 heterocycles. The van der Waals surface area contributed by atoms with Crippen molar-refractivity contribution in [1.29, 1.82) is 0 Å². The van der Waals surface area contributed by atoms with Crippen LogP contribution in [0.25, 0.3) is 21.8 Å². The zero-order valence-corrected chi connectivity index (χ0v) is 13.3. The van der Waals surface area contributed by atoms with Gasteiger partial charge >= 0.3 is 0 Å². The minimum Gasteiger partial charge on any atom is -0.484 e. The molecule has 2 aromatic heterocycles. The largest absolute Gasteiger partial charge is 0.484 e. The maximum absolute atomic E-state index is 12.2. The van der Waals surface area contributed by atoms with Crippen LogP contribution in [0.4, 0.5) is 5.69 Å². The van der Waals surface area contributed by atoms with Gasteiger partial charge in [0.2, 0.25) is 0 Å². The number of nitrogens with zero attached hydrogens (tertiary/aromatic N) is 2. The lowest BCUT2D eigenvalue weighted by Crippen LogP contribution is -2.20. The van der Waals surface area contributed by atoms with Crippen molar-refractivity contribution in [3.05, 3.63) is 73.1 Å².